The number of amides is 1. The Morgan fingerprint density at radius 3 is 2.55 bits per heavy atom. The smallest absolute Gasteiger partial charge is 0.273 e. The van der Waals surface area contributed by atoms with E-state index in [2.05, 4.69) is 24.3 Å². The van der Waals surface area contributed by atoms with E-state index in [-0.39, 0.29) is 5.91 Å². The molecule has 0 fully saturated rings. The third-order valence-electron chi connectivity index (χ3n) is 3.82. The van der Waals surface area contributed by atoms with Crippen LogP contribution in [0.2, 0.25) is 0 Å². The van der Waals surface area contributed by atoms with Crippen LogP contribution < -0.4 is 10.1 Å². The molecule has 0 radical (unpaired) electrons. The van der Waals surface area contributed by atoms with Gasteiger partial charge in [0.05, 0.1) is 7.11 Å². The van der Waals surface area contributed by atoms with Crippen molar-refractivity contribution >= 4 is 5.91 Å². The first-order valence-electron chi connectivity index (χ1n) is 7.57. The Labute approximate surface area is 130 Å². The molecule has 0 saturated carbocycles. The highest BCUT2D eigenvalue weighted by Gasteiger charge is 2.14. The van der Waals surface area contributed by atoms with E-state index in [4.69, 9.17) is 9.26 Å². The van der Waals surface area contributed by atoms with Crippen molar-refractivity contribution in [1.29, 1.82) is 0 Å². The van der Waals surface area contributed by atoms with E-state index in [9.17, 15) is 4.79 Å². The van der Waals surface area contributed by atoms with Crippen LogP contribution in [0.1, 0.15) is 37.2 Å². The average Bonchev–Trinajstić information content (AvgIpc) is 3.05. The van der Waals surface area contributed by atoms with E-state index < -0.39 is 0 Å². The zero-order valence-corrected chi connectivity index (χ0v) is 13.3. The molecule has 0 aliphatic carbocycles. The van der Waals surface area contributed by atoms with E-state index >= 15 is 0 Å². The van der Waals surface area contributed by atoms with Crippen LogP contribution in [-0.2, 0) is 0 Å². The molecule has 0 aliphatic rings. The number of hydrogen-bond donors (Lipinski definition) is 1. The fourth-order valence-corrected chi connectivity index (χ4v) is 2.18. The number of hydrogen-bond acceptors (Lipinski definition) is 4. The Balaban J connectivity index is 2.02. The first-order chi connectivity index (χ1) is 10.7. The molecular weight excluding hydrogens is 280 g/mol. The largest absolute Gasteiger partial charge is 0.497 e. The third kappa shape index (κ3) is 3.87. The van der Waals surface area contributed by atoms with Crippen molar-refractivity contribution in [1.82, 2.24) is 10.5 Å². The van der Waals surface area contributed by atoms with E-state index in [1.165, 1.54) is 0 Å². The van der Waals surface area contributed by atoms with Gasteiger partial charge >= 0.3 is 0 Å². The van der Waals surface area contributed by atoms with Gasteiger partial charge < -0.3 is 14.6 Å². The van der Waals surface area contributed by atoms with Gasteiger partial charge in [0.2, 0.25) is 0 Å². The van der Waals surface area contributed by atoms with Gasteiger partial charge in [0.1, 0.15) is 5.75 Å². The van der Waals surface area contributed by atoms with Gasteiger partial charge in [-0.25, -0.2) is 0 Å². The first-order valence-corrected chi connectivity index (χ1v) is 7.57. The summed E-state index contributed by atoms with van der Waals surface area (Å²) in [5.41, 5.74) is 1.16. The molecule has 0 saturated heterocycles. The number of nitrogens with zero attached hydrogens (tertiary/aromatic N) is 1. The summed E-state index contributed by atoms with van der Waals surface area (Å²) in [5.74, 6) is 1.63. The average molecular weight is 302 g/mol. The van der Waals surface area contributed by atoms with Crippen molar-refractivity contribution in [2.24, 2.45) is 5.92 Å². The number of benzene rings is 1. The molecule has 118 valence electrons. The Morgan fingerprint density at radius 2 is 1.95 bits per heavy atom. The summed E-state index contributed by atoms with van der Waals surface area (Å²) in [6.45, 7) is 4.91. The second kappa shape index (κ2) is 7.64. The number of nitrogens with one attached hydrogen (secondary N) is 1. The maximum absolute atomic E-state index is 12.1. The highest BCUT2D eigenvalue weighted by atomic mass is 16.5. The van der Waals surface area contributed by atoms with Crippen LogP contribution in [0.15, 0.2) is 34.9 Å². The van der Waals surface area contributed by atoms with Crippen molar-refractivity contribution < 1.29 is 14.1 Å². The highest BCUT2D eigenvalue weighted by molar-refractivity contribution is 5.93. The topological polar surface area (TPSA) is 64.4 Å². The highest BCUT2D eigenvalue weighted by Crippen LogP contribution is 2.23. The van der Waals surface area contributed by atoms with Crippen LogP contribution in [0.5, 0.6) is 5.75 Å². The summed E-state index contributed by atoms with van der Waals surface area (Å²) < 4.78 is 10.4. The number of carbonyl (C=O) groups excluding carboxylic acids is 1. The summed E-state index contributed by atoms with van der Waals surface area (Å²) in [5, 5.41) is 6.75. The number of carbonyl (C=O) groups is 1. The molecule has 2 aromatic rings. The molecule has 0 atom stereocenters. The Hall–Kier alpha value is -2.30. The minimum Gasteiger partial charge on any atom is -0.497 e. The predicted octanol–water partition coefficient (Wildman–Crippen LogP) is 3.52. The van der Waals surface area contributed by atoms with Crippen LogP contribution in [0, 0.1) is 5.92 Å². The van der Waals surface area contributed by atoms with Gasteiger partial charge in [-0.15, -0.1) is 0 Å². The van der Waals surface area contributed by atoms with Crippen LogP contribution in [-0.4, -0.2) is 24.7 Å². The summed E-state index contributed by atoms with van der Waals surface area (Å²) in [6, 6.07) is 9.07. The lowest BCUT2D eigenvalue weighted by Gasteiger charge is -2.11. The second-order valence-corrected chi connectivity index (χ2v) is 5.20. The number of aromatic nitrogens is 1. The van der Waals surface area contributed by atoms with E-state index in [1.807, 2.05) is 24.3 Å². The zero-order chi connectivity index (χ0) is 15.9. The molecule has 1 aromatic carbocycles. The maximum atomic E-state index is 12.1. The predicted molar refractivity (Wildman–Crippen MR) is 84.9 cm³/mol. The zero-order valence-electron chi connectivity index (χ0n) is 13.3. The van der Waals surface area contributed by atoms with Gasteiger partial charge in [-0.1, -0.05) is 31.8 Å². The van der Waals surface area contributed by atoms with Gasteiger partial charge in [0, 0.05) is 18.2 Å². The van der Waals surface area contributed by atoms with Crippen molar-refractivity contribution in [3.05, 3.63) is 36.0 Å². The molecule has 1 amide bonds. The van der Waals surface area contributed by atoms with Crippen LogP contribution in [0.4, 0.5) is 0 Å². The lowest BCUT2D eigenvalue weighted by atomic mass is 10.0. The normalized spacial score (nSPS) is 10.7. The lowest BCUT2D eigenvalue weighted by Crippen LogP contribution is -2.29. The van der Waals surface area contributed by atoms with Crippen molar-refractivity contribution in [3.8, 4) is 17.1 Å². The van der Waals surface area contributed by atoms with Gasteiger partial charge in [-0.3, -0.25) is 4.79 Å². The van der Waals surface area contributed by atoms with Crippen molar-refractivity contribution in [3.63, 3.8) is 0 Å². The number of methoxy groups -OCH3 is 1. The Kier molecular flexibility index (Phi) is 5.58. The van der Waals surface area contributed by atoms with Gasteiger partial charge in [0.25, 0.3) is 5.91 Å². The minimum absolute atomic E-state index is 0.199. The quantitative estimate of drug-likeness (QED) is 0.850. The van der Waals surface area contributed by atoms with Crippen LogP contribution in [0.3, 0.4) is 0 Å². The Bertz CT molecular complexity index is 601. The third-order valence-corrected chi connectivity index (χ3v) is 3.82. The Morgan fingerprint density at radius 1 is 1.27 bits per heavy atom. The molecular formula is C17H22N2O3. The lowest BCUT2D eigenvalue weighted by molar-refractivity contribution is 0.0937. The SMILES string of the molecule is CCC(CC)CNC(=O)c1cc(-c2ccc(OC)cc2)on1. The molecule has 0 aliphatic heterocycles. The van der Waals surface area contributed by atoms with Gasteiger partial charge in [0.15, 0.2) is 11.5 Å². The minimum atomic E-state index is -0.199. The molecule has 5 heteroatoms. The number of rotatable bonds is 7. The molecule has 5 nitrogen and oxygen atoms in total. The van der Waals surface area contributed by atoms with Crippen molar-refractivity contribution in [2.75, 3.05) is 13.7 Å². The fourth-order valence-electron chi connectivity index (χ4n) is 2.18. The molecule has 0 bridgehead atoms. The van der Waals surface area contributed by atoms with Crippen molar-refractivity contribution in [2.45, 2.75) is 26.7 Å². The molecule has 1 aromatic heterocycles. The van der Waals surface area contributed by atoms with Crippen LogP contribution in [0.25, 0.3) is 11.3 Å². The van der Waals surface area contributed by atoms with Crippen LogP contribution >= 0.6 is 0 Å². The molecule has 1 heterocycles. The monoisotopic (exact) mass is 302 g/mol. The molecule has 0 unspecified atom stereocenters. The first kappa shape index (κ1) is 16.1. The summed E-state index contributed by atoms with van der Waals surface area (Å²) >= 11 is 0. The summed E-state index contributed by atoms with van der Waals surface area (Å²) in [4.78, 5) is 12.1. The molecule has 2 rings (SSSR count). The fraction of sp³-hybridized carbons (Fsp3) is 0.412. The van der Waals surface area contributed by atoms with Gasteiger partial charge in [-0.05, 0) is 30.2 Å². The maximum Gasteiger partial charge on any atom is 0.273 e. The van der Waals surface area contributed by atoms with E-state index in [0.717, 1.165) is 24.2 Å². The second-order valence-electron chi connectivity index (χ2n) is 5.20. The molecule has 22 heavy (non-hydrogen) atoms. The number of ether oxygens (including phenoxy) is 1. The van der Waals surface area contributed by atoms with E-state index in [0.29, 0.717) is 23.9 Å². The van der Waals surface area contributed by atoms with E-state index in [1.54, 1.807) is 13.2 Å². The molecule has 1 N–H and O–H groups in total. The molecule has 0 spiro atoms. The standard InChI is InChI=1S/C17H22N2O3/c1-4-12(5-2)11-18-17(20)15-10-16(22-19-15)13-6-8-14(21-3)9-7-13/h6-10,12H,4-5,11H2,1-3H3,(H,18,20). The van der Waals surface area contributed by atoms with Gasteiger partial charge in [-0.2, -0.15) is 0 Å². The summed E-state index contributed by atoms with van der Waals surface area (Å²) in [7, 11) is 1.62. The summed E-state index contributed by atoms with van der Waals surface area (Å²) in [6.07, 6.45) is 2.10.